The summed E-state index contributed by atoms with van der Waals surface area (Å²) < 4.78 is 0. The van der Waals surface area contributed by atoms with E-state index in [1.165, 1.54) is 6.42 Å². The number of aliphatic hydroxyl groups is 1. The molecule has 1 fully saturated rings. The minimum absolute atomic E-state index is 0.369. The average molecular weight is 180 g/mol. The molecule has 1 rings (SSSR count). The maximum Gasteiger partial charge on any atom is 0.128 e. The fraction of sp³-hybridized carbons (Fsp3) is 0.833. The molecule has 0 amide bonds. The molecule has 1 nitrogen and oxygen atoms in total. The Labute approximate surface area is 81.5 Å². The molecule has 0 aliphatic heterocycles. The molecule has 0 heterocycles. The third-order valence-corrected chi connectivity index (χ3v) is 3.08. The van der Waals surface area contributed by atoms with Crippen molar-refractivity contribution in [3.63, 3.8) is 0 Å². The summed E-state index contributed by atoms with van der Waals surface area (Å²) in [6.45, 7) is 6.17. The molecule has 74 valence electrons. The smallest absolute Gasteiger partial charge is 0.128 e. The lowest BCUT2D eigenvalue weighted by Gasteiger charge is -2.38. The summed E-state index contributed by atoms with van der Waals surface area (Å²) in [7, 11) is 0. The summed E-state index contributed by atoms with van der Waals surface area (Å²) in [6.07, 6.45) is 4.35. The number of rotatable bonds is 1. The van der Waals surface area contributed by atoms with Gasteiger partial charge in [-0.05, 0) is 32.1 Å². The molecule has 0 bridgehead atoms. The minimum atomic E-state index is -0.693. The first kappa shape index (κ1) is 10.6. The molecule has 0 aromatic carbocycles. The molecule has 0 spiro atoms. The highest BCUT2D eigenvalue weighted by Crippen LogP contribution is 2.37. The van der Waals surface area contributed by atoms with Crippen LogP contribution in [0.3, 0.4) is 0 Å². The summed E-state index contributed by atoms with van der Waals surface area (Å²) in [5.74, 6) is 6.76. The third-order valence-electron chi connectivity index (χ3n) is 3.08. The quantitative estimate of drug-likeness (QED) is 0.615. The highest BCUT2D eigenvalue weighted by Gasteiger charge is 2.38. The van der Waals surface area contributed by atoms with Crippen molar-refractivity contribution in [3.8, 4) is 11.8 Å². The molecule has 1 saturated carbocycles. The summed E-state index contributed by atoms with van der Waals surface area (Å²) >= 11 is 0. The van der Waals surface area contributed by atoms with Gasteiger partial charge < -0.3 is 5.11 Å². The van der Waals surface area contributed by atoms with Crippen LogP contribution in [0.2, 0.25) is 0 Å². The van der Waals surface area contributed by atoms with E-state index < -0.39 is 5.60 Å². The Morgan fingerprint density at radius 1 is 1.38 bits per heavy atom. The van der Waals surface area contributed by atoms with Gasteiger partial charge in [0.15, 0.2) is 0 Å². The van der Waals surface area contributed by atoms with Crippen LogP contribution in [0, 0.1) is 23.7 Å². The van der Waals surface area contributed by atoms with Gasteiger partial charge in [-0.3, -0.25) is 0 Å². The van der Waals surface area contributed by atoms with E-state index in [0.29, 0.717) is 11.8 Å². The second-order valence-corrected chi connectivity index (χ2v) is 4.40. The molecule has 2 atom stereocenters. The maximum absolute atomic E-state index is 10.3. The first-order chi connectivity index (χ1) is 6.10. The van der Waals surface area contributed by atoms with Gasteiger partial charge in [0, 0.05) is 5.92 Å². The van der Waals surface area contributed by atoms with Gasteiger partial charge in [-0.2, -0.15) is 0 Å². The Morgan fingerprint density at radius 3 is 2.62 bits per heavy atom. The fourth-order valence-corrected chi connectivity index (χ4v) is 2.44. The van der Waals surface area contributed by atoms with E-state index in [2.05, 4.69) is 25.7 Å². The Hall–Kier alpha value is -0.480. The zero-order valence-electron chi connectivity index (χ0n) is 8.93. The van der Waals surface area contributed by atoms with Crippen molar-refractivity contribution < 1.29 is 5.11 Å². The number of hydrogen-bond acceptors (Lipinski definition) is 1. The van der Waals surface area contributed by atoms with Crippen LogP contribution in [-0.2, 0) is 0 Å². The van der Waals surface area contributed by atoms with Crippen LogP contribution < -0.4 is 0 Å². The molecule has 0 saturated heterocycles. The van der Waals surface area contributed by atoms with E-state index in [-0.39, 0.29) is 0 Å². The van der Waals surface area contributed by atoms with Gasteiger partial charge in [-0.15, -0.1) is 5.92 Å². The lowest BCUT2D eigenvalue weighted by Crippen LogP contribution is -2.42. The van der Waals surface area contributed by atoms with Crippen LogP contribution in [-0.4, -0.2) is 10.7 Å². The molecule has 1 aliphatic carbocycles. The molecule has 1 aliphatic rings. The Kier molecular flexibility index (Phi) is 3.39. The van der Waals surface area contributed by atoms with Gasteiger partial charge in [-0.1, -0.05) is 26.2 Å². The summed E-state index contributed by atoms with van der Waals surface area (Å²) in [5.41, 5.74) is -0.693. The Morgan fingerprint density at radius 2 is 2.08 bits per heavy atom. The molecule has 1 heteroatoms. The molecule has 0 aromatic rings. The molecular weight excluding hydrogens is 160 g/mol. The zero-order chi connectivity index (χ0) is 9.90. The maximum atomic E-state index is 10.3. The van der Waals surface area contributed by atoms with Crippen molar-refractivity contribution >= 4 is 0 Å². The van der Waals surface area contributed by atoms with Crippen LogP contribution in [0.1, 0.15) is 46.5 Å². The normalized spacial score (nSPS) is 34.1. The van der Waals surface area contributed by atoms with E-state index in [0.717, 1.165) is 19.3 Å². The lowest BCUT2D eigenvalue weighted by molar-refractivity contribution is -0.0162. The lowest BCUT2D eigenvalue weighted by atomic mass is 9.70. The van der Waals surface area contributed by atoms with Crippen LogP contribution in [0.5, 0.6) is 0 Å². The van der Waals surface area contributed by atoms with Crippen molar-refractivity contribution in [2.75, 3.05) is 0 Å². The van der Waals surface area contributed by atoms with Crippen molar-refractivity contribution in [3.05, 3.63) is 0 Å². The van der Waals surface area contributed by atoms with Gasteiger partial charge in [0.25, 0.3) is 0 Å². The summed E-state index contributed by atoms with van der Waals surface area (Å²) in [4.78, 5) is 0. The monoisotopic (exact) mass is 180 g/mol. The fourth-order valence-electron chi connectivity index (χ4n) is 2.44. The SMILES string of the molecule is CC#CC1(O)CCCCC1C(C)C. The molecule has 13 heavy (non-hydrogen) atoms. The standard InChI is InChI=1S/C12H20O/c1-4-8-12(13)9-6-5-7-11(12)10(2)3/h10-11,13H,5-7,9H2,1-3H3. The van der Waals surface area contributed by atoms with E-state index in [9.17, 15) is 5.11 Å². The molecule has 0 aromatic heterocycles. The van der Waals surface area contributed by atoms with E-state index in [4.69, 9.17) is 0 Å². The van der Waals surface area contributed by atoms with Gasteiger partial charge in [0.2, 0.25) is 0 Å². The van der Waals surface area contributed by atoms with Gasteiger partial charge in [0.05, 0.1) is 0 Å². The van der Waals surface area contributed by atoms with Crippen LogP contribution in [0.15, 0.2) is 0 Å². The first-order valence-electron chi connectivity index (χ1n) is 5.26. The number of hydrogen-bond donors (Lipinski definition) is 1. The molecule has 1 N–H and O–H groups in total. The highest BCUT2D eigenvalue weighted by molar-refractivity contribution is 5.16. The molecule has 0 radical (unpaired) electrons. The van der Waals surface area contributed by atoms with Crippen molar-refractivity contribution in [1.82, 2.24) is 0 Å². The van der Waals surface area contributed by atoms with Gasteiger partial charge >= 0.3 is 0 Å². The van der Waals surface area contributed by atoms with Crippen LogP contribution in [0.4, 0.5) is 0 Å². The zero-order valence-corrected chi connectivity index (χ0v) is 8.93. The topological polar surface area (TPSA) is 20.2 Å². The van der Waals surface area contributed by atoms with E-state index >= 15 is 0 Å². The second-order valence-electron chi connectivity index (χ2n) is 4.40. The van der Waals surface area contributed by atoms with Crippen molar-refractivity contribution in [2.45, 2.75) is 52.1 Å². The molecule has 2 unspecified atom stereocenters. The van der Waals surface area contributed by atoms with Gasteiger partial charge in [0.1, 0.15) is 5.60 Å². The van der Waals surface area contributed by atoms with Crippen LogP contribution >= 0.6 is 0 Å². The predicted molar refractivity (Wildman–Crippen MR) is 55.2 cm³/mol. The van der Waals surface area contributed by atoms with Crippen LogP contribution in [0.25, 0.3) is 0 Å². The largest absolute Gasteiger partial charge is 0.377 e. The predicted octanol–water partition coefficient (Wildman–Crippen LogP) is 2.59. The Bertz CT molecular complexity index is 221. The second kappa shape index (κ2) is 4.15. The van der Waals surface area contributed by atoms with Crippen molar-refractivity contribution in [1.29, 1.82) is 0 Å². The summed E-state index contributed by atoms with van der Waals surface area (Å²) in [6, 6.07) is 0. The van der Waals surface area contributed by atoms with Crippen molar-refractivity contribution in [2.24, 2.45) is 11.8 Å². The Balaban J connectivity index is 2.81. The van der Waals surface area contributed by atoms with E-state index in [1.807, 2.05) is 6.92 Å². The highest BCUT2D eigenvalue weighted by atomic mass is 16.3. The third kappa shape index (κ3) is 2.25. The summed E-state index contributed by atoms with van der Waals surface area (Å²) in [5, 5.41) is 10.3. The van der Waals surface area contributed by atoms with Gasteiger partial charge in [-0.25, -0.2) is 0 Å². The minimum Gasteiger partial charge on any atom is -0.377 e. The first-order valence-corrected chi connectivity index (χ1v) is 5.26. The molecular formula is C12H20O. The average Bonchev–Trinajstić information content (AvgIpc) is 2.04. The van der Waals surface area contributed by atoms with E-state index in [1.54, 1.807) is 0 Å².